The molecule has 2 heterocycles. The molecule has 4 aromatic rings. The molecule has 31 heavy (non-hydrogen) atoms. The van der Waals surface area contributed by atoms with Crippen LogP contribution in [0.1, 0.15) is 23.0 Å². The maximum atomic E-state index is 5.93. The zero-order valence-electron chi connectivity index (χ0n) is 17.1. The van der Waals surface area contributed by atoms with Gasteiger partial charge in [-0.2, -0.15) is 0 Å². The standard InChI is InChI=1S/C27H23N2OP/c1-4-11-21(12-5-1)26-19-30-27(29-26)25-18-10-13-22(28-25)20-31(23-14-6-2-7-15-23)24-16-8-3-9-17-24/h1-18,26H,19-20H2. The minimum absolute atomic E-state index is 0.0346. The first-order valence-electron chi connectivity index (χ1n) is 10.5. The normalized spacial score (nSPS) is 15.5. The Morgan fingerprint density at radius 1 is 0.710 bits per heavy atom. The highest BCUT2D eigenvalue weighted by atomic mass is 31.1. The van der Waals surface area contributed by atoms with Gasteiger partial charge in [-0.3, -0.25) is 0 Å². The van der Waals surface area contributed by atoms with Gasteiger partial charge in [0.05, 0.1) is 0 Å². The Labute approximate surface area is 184 Å². The van der Waals surface area contributed by atoms with Crippen LogP contribution in [0.4, 0.5) is 0 Å². The molecule has 3 nitrogen and oxygen atoms in total. The second kappa shape index (κ2) is 9.24. The predicted octanol–water partition coefficient (Wildman–Crippen LogP) is 5.23. The van der Waals surface area contributed by atoms with Crippen LogP contribution >= 0.6 is 7.92 Å². The average Bonchev–Trinajstić information content (AvgIpc) is 3.35. The van der Waals surface area contributed by atoms with Crippen molar-refractivity contribution in [2.45, 2.75) is 12.2 Å². The van der Waals surface area contributed by atoms with E-state index in [1.807, 2.05) is 24.3 Å². The smallest absolute Gasteiger partial charge is 0.236 e. The van der Waals surface area contributed by atoms with Crippen molar-refractivity contribution in [3.8, 4) is 0 Å². The Balaban J connectivity index is 1.42. The lowest BCUT2D eigenvalue weighted by Gasteiger charge is -2.18. The molecule has 0 N–H and O–H groups in total. The molecule has 1 aromatic heterocycles. The van der Waals surface area contributed by atoms with Crippen LogP contribution in [-0.2, 0) is 10.9 Å². The second-order valence-electron chi connectivity index (χ2n) is 7.44. The van der Waals surface area contributed by atoms with Crippen molar-refractivity contribution in [3.63, 3.8) is 0 Å². The summed E-state index contributed by atoms with van der Waals surface area (Å²) in [6.45, 7) is 0.562. The summed E-state index contributed by atoms with van der Waals surface area (Å²) in [5.74, 6) is 0.638. The van der Waals surface area contributed by atoms with Gasteiger partial charge < -0.3 is 4.74 Å². The zero-order valence-corrected chi connectivity index (χ0v) is 18.0. The Hall–Kier alpha value is -3.29. The molecule has 152 valence electrons. The van der Waals surface area contributed by atoms with Gasteiger partial charge in [0.25, 0.3) is 0 Å². The predicted molar refractivity (Wildman–Crippen MR) is 129 cm³/mol. The summed E-state index contributed by atoms with van der Waals surface area (Å²) < 4.78 is 5.93. The van der Waals surface area contributed by atoms with Crippen LogP contribution in [0.5, 0.6) is 0 Å². The van der Waals surface area contributed by atoms with Crippen molar-refractivity contribution in [2.24, 2.45) is 4.99 Å². The number of aliphatic imine (C=N–C) groups is 1. The number of benzene rings is 3. The lowest BCUT2D eigenvalue weighted by atomic mass is 10.1. The number of hydrogen-bond acceptors (Lipinski definition) is 3. The number of ether oxygens (including phenoxy) is 1. The first-order chi connectivity index (χ1) is 15.4. The number of nitrogens with zero attached hydrogens (tertiary/aromatic N) is 2. The molecule has 0 amide bonds. The highest BCUT2D eigenvalue weighted by molar-refractivity contribution is 7.72. The Morgan fingerprint density at radius 3 is 1.97 bits per heavy atom. The molecular weight excluding hydrogens is 399 g/mol. The topological polar surface area (TPSA) is 34.5 Å². The fourth-order valence-corrected chi connectivity index (χ4v) is 5.98. The fraction of sp³-hybridized carbons (Fsp3) is 0.111. The highest BCUT2D eigenvalue weighted by Gasteiger charge is 2.23. The maximum absolute atomic E-state index is 5.93. The molecule has 0 saturated heterocycles. The van der Waals surface area contributed by atoms with Gasteiger partial charge in [-0.05, 0) is 36.2 Å². The summed E-state index contributed by atoms with van der Waals surface area (Å²) in [5, 5.41) is 2.71. The third-order valence-electron chi connectivity index (χ3n) is 5.32. The molecule has 1 atom stereocenters. The summed E-state index contributed by atoms with van der Waals surface area (Å²) in [7, 11) is -0.540. The van der Waals surface area contributed by atoms with E-state index >= 15 is 0 Å². The van der Waals surface area contributed by atoms with E-state index in [-0.39, 0.29) is 6.04 Å². The molecule has 3 aromatic carbocycles. The molecule has 4 heteroatoms. The van der Waals surface area contributed by atoms with Gasteiger partial charge in [-0.1, -0.05) is 97.1 Å². The largest absolute Gasteiger partial charge is 0.474 e. The lowest BCUT2D eigenvalue weighted by Crippen LogP contribution is -2.14. The maximum Gasteiger partial charge on any atom is 0.236 e. The molecule has 5 rings (SSSR count). The molecule has 1 aliphatic heterocycles. The third-order valence-corrected chi connectivity index (χ3v) is 7.80. The van der Waals surface area contributed by atoms with E-state index in [9.17, 15) is 0 Å². The van der Waals surface area contributed by atoms with Crippen molar-refractivity contribution in [3.05, 3.63) is 126 Å². The Morgan fingerprint density at radius 2 is 1.32 bits per heavy atom. The van der Waals surface area contributed by atoms with Gasteiger partial charge in [0.1, 0.15) is 18.3 Å². The van der Waals surface area contributed by atoms with Gasteiger partial charge in [0, 0.05) is 11.9 Å². The molecule has 0 bridgehead atoms. The van der Waals surface area contributed by atoms with Crippen molar-refractivity contribution < 1.29 is 4.74 Å². The van der Waals surface area contributed by atoms with Crippen molar-refractivity contribution >= 4 is 24.4 Å². The van der Waals surface area contributed by atoms with Crippen LogP contribution in [0.3, 0.4) is 0 Å². The van der Waals surface area contributed by atoms with E-state index in [1.54, 1.807) is 0 Å². The number of rotatable bonds is 6. The van der Waals surface area contributed by atoms with E-state index in [2.05, 4.69) is 84.9 Å². The van der Waals surface area contributed by atoms with Crippen molar-refractivity contribution in [2.75, 3.05) is 6.61 Å². The summed E-state index contributed by atoms with van der Waals surface area (Å²) in [5.41, 5.74) is 3.04. The van der Waals surface area contributed by atoms with Crippen LogP contribution in [0.25, 0.3) is 0 Å². The lowest BCUT2D eigenvalue weighted by molar-refractivity contribution is 0.319. The van der Waals surface area contributed by atoms with Crippen molar-refractivity contribution in [1.82, 2.24) is 4.98 Å². The first-order valence-corrected chi connectivity index (χ1v) is 12.0. The summed E-state index contributed by atoms with van der Waals surface area (Å²) in [6.07, 6.45) is 0.882. The van der Waals surface area contributed by atoms with Crippen LogP contribution in [-0.4, -0.2) is 17.5 Å². The number of pyridine rings is 1. The van der Waals surface area contributed by atoms with Gasteiger partial charge in [0.2, 0.25) is 5.90 Å². The zero-order chi connectivity index (χ0) is 20.9. The summed E-state index contributed by atoms with van der Waals surface area (Å²) >= 11 is 0. The monoisotopic (exact) mass is 422 g/mol. The molecule has 0 aliphatic carbocycles. The third kappa shape index (κ3) is 4.57. The summed E-state index contributed by atoms with van der Waals surface area (Å²) in [6, 6.07) is 37.9. The average molecular weight is 422 g/mol. The van der Waals surface area contributed by atoms with E-state index in [0.29, 0.717) is 12.5 Å². The van der Waals surface area contributed by atoms with Gasteiger partial charge in [0.15, 0.2) is 0 Å². The van der Waals surface area contributed by atoms with E-state index in [1.165, 1.54) is 16.2 Å². The van der Waals surface area contributed by atoms with E-state index in [4.69, 9.17) is 14.7 Å². The summed E-state index contributed by atoms with van der Waals surface area (Å²) in [4.78, 5) is 9.74. The van der Waals surface area contributed by atoms with E-state index in [0.717, 1.165) is 17.5 Å². The van der Waals surface area contributed by atoms with Crippen LogP contribution in [0.15, 0.2) is 114 Å². The minimum Gasteiger partial charge on any atom is -0.474 e. The molecule has 0 radical (unpaired) electrons. The van der Waals surface area contributed by atoms with Gasteiger partial charge in [-0.15, -0.1) is 0 Å². The van der Waals surface area contributed by atoms with Crippen LogP contribution < -0.4 is 10.6 Å². The Kier molecular flexibility index (Phi) is 5.86. The van der Waals surface area contributed by atoms with Gasteiger partial charge >= 0.3 is 0 Å². The Bertz CT molecular complexity index is 1120. The highest BCUT2D eigenvalue weighted by Crippen LogP contribution is 2.37. The molecule has 0 fully saturated rings. The number of hydrogen-bond donors (Lipinski definition) is 0. The van der Waals surface area contributed by atoms with Crippen LogP contribution in [0.2, 0.25) is 0 Å². The first kappa shape index (κ1) is 19.7. The molecule has 0 saturated carbocycles. The second-order valence-corrected chi connectivity index (χ2v) is 9.65. The fourth-order valence-electron chi connectivity index (χ4n) is 3.76. The SMILES string of the molecule is c1ccc(C2COC(c3cccc(CP(c4ccccc4)c4ccccc4)n3)=N2)cc1. The van der Waals surface area contributed by atoms with Crippen molar-refractivity contribution in [1.29, 1.82) is 0 Å². The number of aromatic nitrogens is 1. The van der Waals surface area contributed by atoms with Gasteiger partial charge in [-0.25, -0.2) is 9.98 Å². The minimum atomic E-state index is -0.540. The van der Waals surface area contributed by atoms with E-state index < -0.39 is 7.92 Å². The molecule has 1 unspecified atom stereocenters. The molecule has 0 spiro atoms. The molecular formula is C27H23N2OP. The quantitative estimate of drug-likeness (QED) is 0.399. The molecule has 1 aliphatic rings. The van der Waals surface area contributed by atoms with Crippen LogP contribution in [0, 0.1) is 0 Å².